The third kappa shape index (κ3) is 2.43. The van der Waals surface area contributed by atoms with Gasteiger partial charge < -0.3 is 14.8 Å². The molecule has 0 aliphatic carbocycles. The zero-order valence-corrected chi connectivity index (χ0v) is 11.6. The smallest absolute Gasteiger partial charge is 0.256 e. The summed E-state index contributed by atoms with van der Waals surface area (Å²) in [4.78, 5) is 19.9. The summed E-state index contributed by atoms with van der Waals surface area (Å²) in [6, 6.07) is 0. The number of hydrogen-bond donors (Lipinski definition) is 1. The molecule has 4 nitrogen and oxygen atoms in total. The minimum atomic E-state index is 0.196. The quantitative estimate of drug-likeness (QED) is 0.862. The van der Waals surface area contributed by atoms with Crippen molar-refractivity contribution in [3.8, 4) is 0 Å². The average molecular weight is 249 g/mol. The van der Waals surface area contributed by atoms with Crippen LogP contribution < -0.4 is 0 Å². The number of H-pyrrole nitrogens is 1. The van der Waals surface area contributed by atoms with Gasteiger partial charge in [0.05, 0.1) is 5.56 Å². The van der Waals surface area contributed by atoms with Crippen molar-refractivity contribution in [2.75, 3.05) is 32.7 Å². The summed E-state index contributed by atoms with van der Waals surface area (Å²) in [5, 5.41) is 0. The minimum absolute atomic E-state index is 0.196. The summed E-state index contributed by atoms with van der Waals surface area (Å²) in [7, 11) is 0. The summed E-state index contributed by atoms with van der Waals surface area (Å²) in [6.07, 6.45) is 2.89. The Morgan fingerprint density at radius 1 is 1.39 bits per heavy atom. The first-order valence-electron chi connectivity index (χ1n) is 6.85. The van der Waals surface area contributed by atoms with Crippen LogP contribution in [0.3, 0.4) is 0 Å². The number of aryl methyl sites for hydroxylation is 1. The Kier molecular flexibility index (Phi) is 4.07. The monoisotopic (exact) mass is 249 g/mol. The topological polar surface area (TPSA) is 39.3 Å². The van der Waals surface area contributed by atoms with Gasteiger partial charge in [0.25, 0.3) is 5.91 Å². The van der Waals surface area contributed by atoms with Gasteiger partial charge in [-0.1, -0.05) is 13.8 Å². The predicted molar refractivity (Wildman–Crippen MR) is 72.9 cm³/mol. The molecule has 1 aromatic heterocycles. The molecule has 4 heteroatoms. The van der Waals surface area contributed by atoms with Crippen molar-refractivity contribution in [1.29, 1.82) is 0 Å². The van der Waals surface area contributed by atoms with Crippen LogP contribution in [0, 0.1) is 6.92 Å². The van der Waals surface area contributed by atoms with E-state index in [4.69, 9.17) is 0 Å². The Hall–Kier alpha value is -1.29. The molecule has 1 aliphatic rings. The fourth-order valence-corrected chi connectivity index (χ4v) is 2.59. The Balaban J connectivity index is 2.01. The normalized spacial score (nSPS) is 15.3. The Bertz CT molecular complexity index is 421. The minimum Gasteiger partial charge on any atom is -0.364 e. The number of hydrogen-bond acceptors (Lipinski definition) is 2. The van der Waals surface area contributed by atoms with Gasteiger partial charge in [-0.2, -0.15) is 0 Å². The van der Waals surface area contributed by atoms with Crippen molar-refractivity contribution in [1.82, 2.24) is 14.8 Å². The molecule has 0 atom stereocenters. The highest BCUT2D eigenvalue weighted by Gasteiger charge is 2.26. The largest absolute Gasteiger partial charge is 0.364 e. The maximum absolute atomic E-state index is 12.4. The molecule has 0 fully saturated rings. The second-order valence-corrected chi connectivity index (χ2v) is 4.89. The van der Waals surface area contributed by atoms with Crippen LogP contribution in [0.2, 0.25) is 0 Å². The lowest BCUT2D eigenvalue weighted by Gasteiger charge is -2.29. The van der Waals surface area contributed by atoms with Gasteiger partial charge in [-0.3, -0.25) is 4.79 Å². The van der Waals surface area contributed by atoms with Crippen molar-refractivity contribution >= 4 is 5.91 Å². The average Bonchev–Trinajstić information content (AvgIpc) is 2.75. The van der Waals surface area contributed by atoms with Gasteiger partial charge in [0.15, 0.2) is 0 Å². The number of nitrogens with zero attached hydrogens (tertiary/aromatic N) is 2. The first-order valence-corrected chi connectivity index (χ1v) is 6.85. The standard InChI is InChI=1S/C14H23N3O/c1-4-16(5-2)8-9-17-7-6-12-13(14(17)18)11(3)10-15-12/h10,15H,4-9H2,1-3H3. The van der Waals surface area contributed by atoms with Gasteiger partial charge in [0, 0.05) is 37.9 Å². The fraction of sp³-hybridized carbons (Fsp3) is 0.643. The van der Waals surface area contributed by atoms with Crippen LogP contribution in [0.4, 0.5) is 0 Å². The zero-order valence-electron chi connectivity index (χ0n) is 11.6. The Morgan fingerprint density at radius 3 is 2.78 bits per heavy atom. The predicted octanol–water partition coefficient (Wildman–Crippen LogP) is 1.66. The number of aromatic nitrogens is 1. The zero-order chi connectivity index (χ0) is 13.1. The summed E-state index contributed by atoms with van der Waals surface area (Å²) < 4.78 is 0. The van der Waals surface area contributed by atoms with Gasteiger partial charge in [-0.15, -0.1) is 0 Å². The second kappa shape index (κ2) is 5.57. The lowest BCUT2D eigenvalue weighted by Crippen LogP contribution is -2.42. The molecule has 1 amide bonds. The molecule has 1 N–H and O–H groups in total. The third-order valence-corrected chi connectivity index (χ3v) is 3.87. The molecule has 0 bridgehead atoms. The van der Waals surface area contributed by atoms with E-state index in [1.165, 1.54) is 0 Å². The van der Waals surface area contributed by atoms with Crippen LogP contribution in [0.5, 0.6) is 0 Å². The highest BCUT2D eigenvalue weighted by molar-refractivity contribution is 5.97. The van der Waals surface area contributed by atoms with E-state index in [1.54, 1.807) is 0 Å². The molecule has 100 valence electrons. The molecular formula is C14H23N3O. The molecule has 2 heterocycles. The number of likely N-dealkylation sites (N-methyl/N-ethyl adjacent to an activating group) is 1. The molecule has 0 spiro atoms. The van der Waals surface area contributed by atoms with E-state index in [0.29, 0.717) is 0 Å². The first-order chi connectivity index (χ1) is 8.67. The van der Waals surface area contributed by atoms with E-state index < -0.39 is 0 Å². The van der Waals surface area contributed by atoms with Crippen molar-refractivity contribution in [2.45, 2.75) is 27.2 Å². The maximum Gasteiger partial charge on any atom is 0.256 e. The number of aromatic amines is 1. The molecule has 18 heavy (non-hydrogen) atoms. The molecule has 2 rings (SSSR count). The molecular weight excluding hydrogens is 226 g/mol. The van der Waals surface area contributed by atoms with Crippen molar-refractivity contribution < 1.29 is 4.79 Å². The third-order valence-electron chi connectivity index (χ3n) is 3.87. The number of fused-ring (bicyclic) bond motifs is 1. The number of amides is 1. The van der Waals surface area contributed by atoms with Crippen LogP contribution in [-0.4, -0.2) is 53.4 Å². The van der Waals surface area contributed by atoms with Gasteiger partial charge in [0.2, 0.25) is 0 Å². The summed E-state index contributed by atoms with van der Waals surface area (Å²) >= 11 is 0. The second-order valence-electron chi connectivity index (χ2n) is 4.89. The molecule has 0 aromatic carbocycles. The van der Waals surface area contributed by atoms with Crippen molar-refractivity contribution in [3.63, 3.8) is 0 Å². The fourth-order valence-electron chi connectivity index (χ4n) is 2.59. The van der Waals surface area contributed by atoms with E-state index in [9.17, 15) is 4.79 Å². The molecule has 0 saturated heterocycles. The Labute approximate surface area is 109 Å². The highest BCUT2D eigenvalue weighted by atomic mass is 16.2. The van der Waals surface area contributed by atoms with Gasteiger partial charge in [-0.05, 0) is 25.6 Å². The van der Waals surface area contributed by atoms with Crippen LogP contribution >= 0.6 is 0 Å². The van der Waals surface area contributed by atoms with Gasteiger partial charge >= 0.3 is 0 Å². The highest BCUT2D eigenvalue weighted by Crippen LogP contribution is 2.21. The van der Waals surface area contributed by atoms with Crippen molar-refractivity contribution in [3.05, 3.63) is 23.0 Å². The van der Waals surface area contributed by atoms with E-state index in [1.807, 2.05) is 18.0 Å². The van der Waals surface area contributed by atoms with Gasteiger partial charge in [-0.25, -0.2) is 0 Å². The number of carbonyl (C=O) groups excluding carboxylic acids is 1. The van der Waals surface area contributed by atoms with Crippen LogP contribution in [0.25, 0.3) is 0 Å². The SMILES string of the molecule is CCN(CC)CCN1CCc2[nH]cc(C)c2C1=O. The van der Waals surface area contributed by atoms with E-state index >= 15 is 0 Å². The summed E-state index contributed by atoms with van der Waals surface area (Å²) in [5.74, 6) is 0.196. The van der Waals surface area contributed by atoms with E-state index in [0.717, 1.165) is 56.0 Å². The molecule has 1 aromatic rings. The lowest BCUT2D eigenvalue weighted by atomic mass is 10.0. The van der Waals surface area contributed by atoms with Crippen LogP contribution in [0.15, 0.2) is 6.20 Å². The summed E-state index contributed by atoms with van der Waals surface area (Å²) in [5.41, 5.74) is 3.08. The summed E-state index contributed by atoms with van der Waals surface area (Å²) in [6.45, 7) is 11.1. The van der Waals surface area contributed by atoms with Gasteiger partial charge in [0.1, 0.15) is 0 Å². The lowest BCUT2D eigenvalue weighted by molar-refractivity contribution is 0.0720. The molecule has 0 saturated carbocycles. The first kappa shape index (κ1) is 13.1. The molecule has 0 radical (unpaired) electrons. The maximum atomic E-state index is 12.4. The number of carbonyl (C=O) groups is 1. The van der Waals surface area contributed by atoms with Crippen LogP contribution in [0.1, 0.15) is 35.5 Å². The number of rotatable bonds is 5. The Morgan fingerprint density at radius 2 is 2.11 bits per heavy atom. The van der Waals surface area contributed by atoms with Crippen molar-refractivity contribution in [2.24, 2.45) is 0 Å². The number of nitrogens with one attached hydrogen (secondary N) is 1. The van der Waals surface area contributed by atoms with E-state index in [2.05, 4.69) is 23.7 Å². The molecule has 0 unspecified atom stereocenters. The van der Waals surface area contributed by atoms with Crippen LogP contribution in [-0.2, 0) is 6.42 Å². The molecule has 1 aliphatic heterocycles. The van der Waals surface area contributed by atoms with E-state index in [-0.39, 0.29) is 5.91 Å².